The second-order valence-corrected chi connectivity index (χ2v) is 5.03. The van der Waals surface area contributed by atoms with Crippen molar-refractivity contribution in [2.24, 2.45) is 0 Å². The maximum Gasteiger partial charge on any atom is 0.261 e. The van der Waals surface area contributed by atoms with E-state index in [1.54, 1.807) is 19.1 Å². The normalized spacial score (nSPS) is 15.7. The van der Waals surface area contributed by atoms with Crippen molar-refractivity contribution in [3.63, 3.8) is 0 Å². The predicted molar refractivity (Wildman–Crippen MR) is 68.1 cm³/mol. The molecule has 0 aliphatic carbocycles. The minimum Gasteiger partial charge on any atom is -0.269 e. The summed E-state index contributed by atoms with van der Waals surface area (Å²) in [5.74, 6) is -0.579. The van der Waals surface area contributed by atoms with E-state index in [4.69, 9.17) is 0 Å². The van der Waals surface area contributed by atoms with Crippen LogP contribution in [0.25, 0.3) is 0 Å². The summed E-state index contributed by atoms with van der Waals surface area (Å²) in [6, 6.07) is 5.33. The molecule has 2 rings (SSSR count). The van der Waals surface area contributed by atoms with Gasteiger partial charge in [0.25, 0.3) is 11.8 Å². The van der Waals surface area contributed by atoms with E-state index in [1.165, 1.54) is 6.08 Å². The molecule has 16 heavy (non-hydrogen) atoms. The lowest BCUT2D eigenvalue weighted by molar-refractivity contribution is -0.120. The van der Waals surface area contributed by atoms with E-state index in [0.29, 0.717) is 15.7 Å². The summed E-state index contributed by atoms with van der Waals surface area (Å²) < 4.78 is 1.50. The quantitative estimate of drug-likeness (QED) is 0.734. The second-order valence-electron chi connectivity index (χ2n) is 3.38. The highest BCUT2D eigenvalue weighted by Crippen LogP contribution is 2.35. The van der Waals surface area contributed by atoms with Gasteiger partial charge in [-0.15, -0.1) is 0 Å². The Labute approximate surface area is 109 Å². The number of imide groups is 1. The smallest absolute Gasteiger partial charge is 0.261 e. The van der Waals surface area contributed by atoms with E-state index < -0.39 is 0 Å². The first-order chi connectivity index (χ1) is 7.52. The molecule has 1 aliphatic rings. The molecule has 1 heterocycles. The Bertz CT molecular complexity index is 523. The van der Waals surface area contributed by atoms with E-state index >= 15 is 0 Å². The number of anilines is 1. The Kier molecular flexibility index (Phi) is 2.99. The number of halogens is 2. The maximum absolute atomic E-state index is 11.8. The van der Waals surface area contributed by atoms with Crippen molar-refractivity contribution in [1.29, 1.82) is 0 Å². The summed E-state index contributed by atoms with van der Waals surface area (Å²) >= 11 is 6.68. The van der Waals surface area contributed by atoms with Crippen LogP contribution in [0.15, 0.2) is 38.8 Å². The molecular weight excluding hydrogens is 338 g/mol. The van der Waals surface area contributed by atoms with Crippen molar-refractivity contribution < 1.29 is 9.59 Å². The van der Waals surface area contributed by atoms with Crippen LogP contribution < -0.4 is 4.90 Å². The van der Waals surface area contributed by atoms with E-state index in [-0.39, 0.29) is 11.8 Å². The van der Waals surface area contributed by atoms with Crippen molar-refractivity contribution in [2.75, 3.05) is 4.90 Å². The van der Waals surface area contributed by atoms with Crippen LogP contribution in [0.5, 0.6) is 0 Å². The van der Waals surface area contributed by atoms with E-state index in [0.717, 1.165) is 9.37 Å². The van der Waals surface area contributed by atoms with Gasteiger partial charge in [0, 0.05) is 16.1 Å². The number of hydrogen-bond acceptors (Lipinski definition) is 2. The van der Waals surface area contributed by atoms with Gasteiger partial charge in [-0.05, 0) is 50.9 Å². The zero-order valence-electron chi connectivity index (χ0n) is 8.33. The lowest BCUT2D eigenvalue weighted by Gasteiger charge is -2.16. The molecule has 0 unspecified atom stereocenters. The SMILES string of the molecule is CC1=CC(=O)N(c2cccc(Br)c2Br)C1=O. The highest BCUT2D eigenvalue weighted by atomic mass is 79.9. The minimum absolute atomic E-state index is 0.274. The minimum atomic E-state index is -0.304. The van der Waals surface area contributed by atoms with Gasteiger partial charge in [-0.1, -0.05) is 6.07 Å². The molecular formula is C11H7Br2NO2. The molecule has 0 spiro atoms. The maximum atomic E-state index is 11.8. The van der Waals surface area contributed by atoms with Gasteiger partial charge in [0.1, 0.15) is 0 Å². The third-order valence-electron chi connectivity index (χ3n) is 2.27. The van der Waals surface area contributed by atoms with Gasteiger partial charge in [0.05, 0.1) is 10.2 Å². The van der Waals surface area contributed by atoms with Crippen molar-refractivity contribution >= 4 is 49.4 Å². The van der Waals surface area contributed by atoms with E-state index in [1.807, 2.05) is 6.07 Å². The van der Waals surface area contributed by atoms with Crippen LogP contribution >= 0.6 is 31.9 Å². The zero-order valence-corrected chi connectivity index (χ0v) is 11.5. The molecule has 3 nitrogen and oxygen atoms in total. The first kappa shape index (κ1) is 11.5. The van der Waals surface area contributed by atoms with Gasteiger partial charge in [0.15, 0.2) is 0 Å². The van der Waals surface area contributed by atoms with Crippen LogP contribution in [-0.4, -0.2) is 11.8 Å². The molecule has 1 aromatic rings. The first-order valence-electron chi connectivity index (χ1n) is 4.53. The molecule has 0 fully saturated rings. The van der Waals surface area contributed by atoms with Crippen LogP contribution in [0.3, 0.4) is 0 Å². The Balaban J connectivity index is 2.51. The molecule has 0 radical (unpaired) electrons. The van der Waals surface area contributed by atoms with E-state index in [9.17, 15) is 9.59 Å². The number of rotatable bonds is 1. The monoisotopic (exact) mass is 343 g/mol. The molecule has 5 heteroatoms. The summed E-state index contributed by atoms with van der Waals surface area (Å²) in [6.45, 7) is 1.63. The first-order valence-corrected chi connectivity index (χ1v) is 6.11. The fourth-order valence-electron chi connectivity index (χ4n) is 1.48. The third kappa shape index (κ3) is 1.74. The Morgan fingerprint density at radius 3 is 2.44 bits per heavy atom. The molecule has 0 saturated carbocycles. The van der Waals surface area contributed by atoms with Gasteiger partial charge in [0.2, 0.25) is 0 Å². The van der Waals surface area contributed by atoms with Crippen molar-refractivity contribution in [2.45, 2.75) is 6.92 Å². The van der Waals surface area contributed by atoms with Crippen LogP contribution in [0.4, 0.5) is 5.69 Å². The fourth-order valence-corrected chi connectivity index (χ4v) is 2.28. The largest absolute Gasteiger partial charge is 0.269 e. The molecule has 1 aliphatic heterocycles. The Morgan fingerprint density at radius 2 is 1.88 bits per heavy atom. The summed E-state index contributed by atoms with van der Waals surface area (Å²) in [5, 5.41) is 0. The number of benzene rings is 1. The van der Waals surface area contributed by atoms with Gasteiger partial charge >= 0.3 is 0 Å². The van der Waals surface area contributed by atoms with Gasteiger partial charge < -0.3 is 0 Å². The van der Waals surface area contributed by atoms with Gasteiger partial charge in [-0.2, -0.15) is 0 Å². The number of carbonyl (C=O) groups is 2. The highest BCUT2D eigenvalue weighted by Gasteiger charge is 2.31. The summed E-state index contributed by atoms with van der Waals surface area (Å²) in [5.41, 5.74) is 1.01. The molecule has 0 aromatic heterocycles. The molecule has 1 aromatic carbocycles. The molecule has 0 N–H and O–H groups in total. The van der Waals surface area contributed by atoms with E-state index in [2.05, 4.69) is 31.9 Å². The van der Waals surface area contributed by atoms with Crippen LogP contribution in [0, 0.1) is 0 Å². The van der Waals surface area contributed by atoms with Crippen LogP contribution in [-0.2, 0) is 9.59 Å². The highest BCUT2D eigenvalue weighted by molar-refractivity contribution is 9.13. The summed E-state index contributed by atoms with van der Waals surface area (Å²) in [7, 11) is 0. The molecule has 0 atom stereocenters. The number of carbonyl (C=O) groups excluding carboxylic acids is 2. The average molecular weight is 345 g/mol. The third-order valence-corrected chi connectivity index (χ3v) is 4.30. The molecule has 0 bridgehead atoms. The zero-order chi connectivity index (χ0) is 11.9. The molecule has 2 amide bonds. The Morgan fingerprint density at radius 1 is 1.19 bits per heavy atom. The van der Waals surface area contributed by atoms with Crippen LogP contribution in [0.1, 0.15) is 6.92 Å². The Hall–Kier alpha value is -0.940. The lowest BCUT2D eigenvalue weighted by Crippen LogP contribution is -2.30. The standard InChI is InChI=1S/C11H7Br2NO2/c1-6-5-9(15)14(11(6)16)8-4-2-3-7(12)10(8)13/h2-5H,1H3. The average Bonchev–Trinajstić information content (AvgIpc) is 2.47. The van der Waals surface area contributed by atoms with Crippen LogP contribution in [0.2, 0.25) is 0 Å². The number of amides is 2. The second kappa shape index (κ2) is 4.14. The predicted octanol–water partition coefficient (Wildman–Crippen LogP) is 3.03. The summed E-state index contributed by atoms with van der Waals surface area (Å²) in [4.78, 5) is 24.6. The summed E-state index contributed by atoms with van der Waals surface area (Å²) in [6.07, 6.45) is 1.34. The van der Waals surface area contributed by atoms with Crippen molar-refractivity contribution in [1.82, 2.24) is 0 Å². The fraction of sp³-hybridized carbons (Fsp3) is 0.0909. The lowest BCUT2D eigenvalue weighted by atomic mass is 10.3. The number of hydrogen-bond donors (Lipinski definition) is 0. The van der Waals surface area contributed by atoms with Gasteiger partial charge in [-0.3, -0.25) is 9.59 Å². The topological polar surface area (TPSA) is 37.4 Å². The molecule has 82 valence electrons. The number of nitrogens with zero attached hydrogens (tertiary/aromatic N) is 1. The van der Waals surface area contributed by atoms with Crippen molar-refractivity contribution in [3.8, 4) is 0 Å². The van der Waals surface area contributed by atoms with Gasteiger partial charge in [-0.25, -0.2) is 4.90 Å². The molecule has 0 saturated heterocycles. The van der Waals surface area contributed by atoms with Crippen molar-refractivity contribution in [3.05, 3.63) is 38.8 Å².